The Bertz CT molecular complexity index is 414. The number of hydrogen-bond donors (Lipinski definition) is 1. The zero-order valence-electron chi connectivity index (χ0n) is 9.79. The highest BCUT2D eigenvalue weighted by atomic mass is 32.1. The molecule has 1 aromatic rings. The predicted molar refractivity (Wildman–Crippen MR) is 71.4 cm³/mol. The Hall–Kier alpha value is -1.00. The Labute approximate surface area is 107 Å². The Kier molecular flexibility index (Phi) is 4.07. The molecule has 1 aliphatic heterocycles. The molecule has 0 spiro atoms. The molecular weight excluding hydrogens is 235 g/mol. The van der Waals surface area contributed by atoms with Crippen LogP contribution in [0, 0.1) is 5.82 Å². The molecule has 2 rings (SSSR count). The van der Waals surface area contributed by atoms with Gasteiger partial charge in [-0.1, -0.05) is 18.6 Å². The summed E-state index contributed by atoms with van der Waals surface area (Å²) in [7, 11) is 0. The summed E-state index contributed by atoms with van der Waals surface area (Å²) in [5, 5.41) is 0. The highest BCUT2D eigenvalue weighted by molar-refractivity contribution is 7.80. The lowest BCUT2D eigenvalue weighted by Gasteiger charge is -2.26. The van der Waals surface area contributed by atoms with Crippen LogP contribution in [0.25, 0.3) is 0 Å². The average molecular weight is 252 g/mol. The molecule has 1 fully saturated rings. The van der Waals surface area contributed by atoms with Crippen LogP contribution in [0.15, 0.2) is 18.2 Å². The van der Waals surface area contributed by atoms with Crippen LogP contribution in [0.2, 0.25) is 0 Å². The first kappa shape index (κ1) is 12.5. The van der Waals surface area contributed by atoms with Gasteiger partial charge in [-0.05, 0) is 49.7 Å². The number of thiocarbonyl (C=S) groups is 1. The maximum atomic E-state index is 13.4. The van der Waals surface area contributed by atoms with Crippen LogP contribution in [0.5, 0.6) is 0 Å². The lowest BCUT2D eigenvalue weighted by Crippen LogP contribution is -2.29. The lowest BCUT2D eigenvalue weighted by molar-refractivity contribution is 0.220. The van der Waals surface area contributed by atoms with Crippen molar-refractivity contribution in [2.75, 3.05) is 13.1 Å². The zero-order valence-corrected chi connectivity index (χ0v) is 10.6. The predicted octanol–water partition coefficient (Wildman–Crippen LogP) is 2.45. The summed E-state index contributed by atoms with van der Waals surface area (Å²) in [5.74, 6) is -0.262. The topological polar surface area (TPSA) is 29.3 Å². The zero-order chi connectivity index (χ0) is 12.3. The summed E-state index contributed by atoms with van der Waals surface area (Å²) in [4.78, 5) is 2.60. The second-order valence-electron chi connectivity index (χ2n) is 4.55. The Morgan fingerprint density at radius 1 is 1.24 bits per heavy atom. The summed E-state index contributed by atoms with van der Waals surface area (Å²) in [6, 6.07) is 4.85. The molecule has 0 bridgehead atoms. The highest BCUT2D eigenvalue weighted by Gasteiger charge is 2.11. The van der Waals surface area contributed by atoms with Crippen molar-refractivity contribution in [3.63, 3.8) is 0 Å². The van der Waals surface area contributed by atoms with Crippen LogP contribution in [0.4, 0.5) is 4.39 Å². The lowest BCUT2D eigenvalue weighted by atomic mass is 10.1. The molecule has 1 saturated heterocycles. The van der Waals surface area contributed by atoms with Crippen molar-refractivity contribution < 1.29 is 4.39 Å². The molecule has 1 aromatic carbocycles. The minimum absolute atomic E-state index is 0.254. The van der Waals surface area contributed by atoms with E-state index in [4.69, 9.17) is 18.0 Å². The molecule has 1 heterocycles. The number of nitrogens with two attached hydrogens (primary N) is 1. The van der Waals surface area contributed by atoms with Crippen molar-refractivity contribution >= 4 is 17.2 Å². The van der Waals surface area contributed by atoms with Gasteiger partial charge in [0.1, 0.15) is 10.8 Å². The molecular formula is C13H17FN2S. The van der Waals surface area contributed by atoms with Crippen molar-refractivity contribution in [1.82, 2.24) is 4.90 Å². The maximum absolute atomic E-state index is 13.4. The van der Waals surface area contributed by atoms with E-state index in [9.17, 15) is 4.39 Å². The van der Waals surface area contributed by atoms with E-state index < -0.39 is 0 Å². The van der Waals surface area contributed by atoms with E-state index in [0.29, 0.717) is 5.56 Å². The fraction of sp³-hybridized carbons (Fsp3) is 0.462. The minimum atomic E-state index is -0.262. The number of likely N-dealkylation sites (tertiary alicyclic amines) is 1. The SMILES string of the molecule is NC(=S)c1cc(F)cc(CN2CCCCC2)c1. The average Bonchev–Trinajstić information content (AvgIpc) is 2.29. The van der Waals surface area contributed by atoms with E-state index in [2.05, 4.69) is 4.90 Å². The smallest absolute Gasteiger partial charge is 0.124 e. The Morgan fingerprint density at radius 3 is 2.59 bits per heavy atom. The monoisotopic (exact) mass is 252 g/mol. The molecule has 0 radical (unpaired) electrons. The standard InChI is InChI=1S/C13H17FN2S/c14-12-7-10(6-11(8-12)13(15)17)9-16-4-2-1-3-5-16/h6-8H,1-5,9H2,(H2,15,17). The molecule has 2 N–H and O–H groups in total. The highest BCUT2D eigenvalue weighted by Crippen LogP contribution is 2.15. The van der Waals surface area contributed by atoms with Crippen LogP contribution in [0.1, 0.15) is 30.4 Å². The summed E-state index contributed by atoms with van der Waals surface area (Å²) < 4.78 is 13.4. The van der Waals surface area contributed by atoms with Crippen molar-refractivity contribution in [2.45, 2.75) is 25.8 Å². The molecule has 1 aliphatic rings. The van der Waals surface area contributed by atoms with Gasteiger partial charge in [0.05, 0.1) is 0 Å². The van der Waals surface area contributed by atoms with Crippen LogP contribution >= 0.6 is 12.2 Å². The molecule has 0 saturated carbocycles. The van der Waals surface area contributed by atoms with Crippen molar-refractivity contribution in [2.24, 2.45) is 5.73 Å². The van der Waals surface area contributed by atoms with Gasteiger partial charge in [0, 0.05) is 12.1 Å². The van der Waals surface area contributed by atoms with Gasteiger partial charge in [0.15, 0.2) is 0 Å². The van der Waals surface area contributed by atoms with E-state index in [-0.39, 0.29) is 10.8 Å². The fourth-order valence-corrected chi connectivity index (χ4v) is 2.38. The molecule has 4 heteroatoms. The number of halogens is 1. The second kappa shape index (κ2) is 5.56. The van der Waals surface area contributed by atoms with Crippen LogP contribution in [-0.4, -0.2) is 23.0 Å². The molecule has 0 aliphatic carbocycles. The summed E-state index contributed by atoms with van der Waals surface area (Å²) in [6.07, 6.45) is 3.77. The third-order valence-corrected chi connectivity index (χ3v) is 3.33. The minimum Gasteiger partial charge on any atom is -0.389 e. The van der Waals surface area contributed by atoms with Crippen molar-refractivity contribution in [3.8, 4) is 0 Å². The normalized spacial score (nSPS) is 17.0. The number of benzene rings is 1. The molecule has 0 amide bonds. The van der Waals surface area contributed by atoms with Gasteiger partial charge in [0.2, 0.25) is 0 Å². The maximum Gasteiger partial charge on any atom is 0.124 e. The first-order valence-corrected chi connectivity index (χ1v) is 6.37. The van der Waals surface area contributed by atoms with E-state index in [1.165, 1.54) is 25.3 Å². The summed E-state index contributed by atoms with van der Waals surface area (Å²) >= 11 is 4.88. The Balaban J connectivity index is 2.11. The van der Waals surface area contributed by atoms with Gasteiger partial charge < -0.3 is 5.73 Å². The fourth-order valence-electron chi connectivity index (χ4n) is 2.26. The molecule has 2 nitrogen and oxygen atoms in total. The van der Waals surface area contributed by atoms with E-state index in [0.717, 1.165) is 25.2 Å². The van der Waals surface area contributed by atoms with E-state index in [1.54, 1.807) is 6.07 Å². The van der Waals surface area contributed by atoms with Gasteiger partial charge in [0.25, 0.3) is 0 Å². The van der Waals surface area contributed by atoms with Gasteiger partial charge in [-0.3, -0.25) is 4.90 Å². The third-order valence-electron chi connectivity index (χ3n) is 3.10. The first-order chi connectivity index (χ1) is 8.15. The second-order valence-corrected chi connectivity index (χ2v) is 4.99. The summed E-state index contributed by atoms with van der Waals surface area (Å²) in [5.41, 5.74) is 7.11. The molecule has 0 unspecified atom stereocenters. The number of rotatable bonds is 3. The summed E-state index contributed by atoms with van der Waals surface area (Å²) in [6.45, 7) is 2.98. The van der Waals surface area contributed by atoms with Crippen LogP contribution in [-0.2, 0) is 6.54 Å². The third kappa shape index (κ3) is 3.48. The quantitative estimate of drug-likeness (QED) is 0.838. The molecule has 92 valence electrons. The number of nitrogens with zero attached hydrogens (tertiary/aromatic N) is 1. The number of piperidine rings is 1. The van der Waals surface area contributed by atoms with Gasteiger partial charge in [-0.15, -0.1) is 0 Å². The van der Waals surface area contributed by atoms with Gasteiger partial charge >= 0.3 is 0 Å². The van der Waals surface area contributed by atoms with Gasteiger partial charge in [-0.2, -0.15) is 0 Å². The van der Waals surface area contributed by atoms with Crippen LogP contribution in [0.3, 0.4) is 0 Å². The van der Waals surface area contributed by atoms with Gasteiger partial charge in [-0.25, -0.2) is 4.39 Å². The Morgan fingerprint density at radius 2 is 1.94 bits per heavy atom. The molecule has 0 aromatic heterocycles. The van der Waals surface area contributed by atoms with E-state index in [1.807, 2.05) is 6.07 Å². The van der Waals surface area contributed by atoms with Crippen molar-refractivity contribution in [3.05, 3.63) is 35.1 Å². The van der Waals surface area contributed by atoms with E-state index >= 15 is 0 Å². The first-order valence-electron chi connectivity index (χ1n) is 5.97. The molecule has 0 atom stereocenters. The molecule has 17 heavy (non-hydrogen) atoms. The van der Waals surface area contributed by atoms with Crippen molar-refractivity contribution in [1.29, 1.82) is 0 Å². The largest absolute Gasteiger partial charge is 0.389 e. The number of hydrogen-bond acceptors (Lipinski definition) is 2. The van der Waals surface area contributed by atoms with Crippen LogP contribution < -0.4 is 5.73 Å².